The average Bonchev–Trinajstić information content (AvgIpc) is 2.93. The fourth-order valence-corrected chi connectivity index (χ4v) is 1.78. The van der Waals surface area contributed by atoms with Crippen LogP contribution in [-0.4, -0.2) is 22.2 Å². The molecule has 0 atom stereocenters. The number of hydrogen-bond acceptors (Lipinski definition) is 3. The maximum absolute atomic E-state index is 11.9. The molecule has 2 aromatic rings. The van der Waals surface area contributed by atoms with Crippen LogP contribution in [0.4, 0.5) is 5.69 Å². The molecule has 0 bridgehead atoms. The molecule has 3 N–H and O–H groups in total. The number of aromatic nitrogens is 2. The fraction of sp³-hybridized carbons (Fsp3) is 0.200. The zero-order chi connectivity index (χ0) is 14.4. The first-order valence-corrected chi connectivity index (χ1v) is 6.51. The number of rotatable bonds is 5. The quantitative estimate of drug-likeness (QED) is 0.496. The largest absolute Gasteiger partial charge is 0.399 e. The molecule has 2 rings (SSSR count). The van der Waals surface area contributed by atoms with Crippen LogP contribution in [0, 0.1) is 0 Å². The van der Waals surface area contributed by atoms with E-state index in [0.717, 1.165) is 12.1 Å². The van der Waals surface area contributed by atoms with Crippen molar-refractivity contribution >= 4 is 11.6 Å². The van der Waals surface area contributed by atoms with Crippen LogP contribution in [0.2, 0.25) is 0 Å². The molecule has 0 fully saturated rings. The Balaban J connectivity index is 2.03. The number of nitrogens with two attached hydrogens (primary N) is 1. The molecule has 5 nitrogen and oxygen atoms in total. The van der Waals surface area contributed by atoms with Crippen molar-refractivity contribution in [2.24, 2.45) is 0 Å². The second-order valence-electron chi connectivity index (χ2n) is 4.35. The molecule has 0 spiro atoms. The second kappa shape index (κ2) is 6.56. The van der Waals surface area contributed by atoms with Gasteiger partial charge in [-0.1, -0.05) is 18.2 Å². The minimum atomic E-state index is -0.169. The SMILES string of the molecule is C/C=C/CCNC(=O)c1ccn(-c2cccc(N)c2)n1. The van der Waals surface area contributed by atoms with Crippen molar-refractivity contribution in [1.29, 1.82) is 0 Å². The van der Waals surface area contributed by atoms with E-state index in [0.29, 0.717) is 17.9 Å². The summed E-state index contributed by atoms with van der Waals surface area (Å²) in [6.45, 7) is 2.56. The first kappa shape index (κ1) is 13.9. The van der Waals surface area contributed by atoms with Crippen molar-refractivity contribution in [3.63, 3.8) is 0 Å². The van der Waals surface area contributed by atoms with Crippen molar-refractivity contribution in [3.8, 4) is 5.69 Å². The first-order chi connectivity index (χ1) is 9.70. The van der Waals surface area contributed by atoms with Crippen LogP contribution in [0.15, 0.2) is 48.7 Å². The van der Waals surface area contributed by atoms with Gasteiger partial charge in [0.2, 0.25) is 0 Å². The lowest BCUT2D eigenvalue weighted by molar-refractivity contribution is 0.0949. The molecular weight excluding hydrogens is 252 g/mol. The minimum absolute atomic E-state index is 0.169. The van der Waals surface area contributed by atoms with Gasteiger partial charge in [-0.25, -0.2) is 4.68 Å². The van der Waals surface area contributed by atoms with Crippen LogP contribution in [0.5, 0.6) is 0 Å². The van der Waals surface area contributed by atoms with Gasteiger partial charge in [-0.2, -0.15) is 5.10 Å². The highest BCUT2D eigenvalue weighted by atomic mass is 16.1. The summed E-state index contributed by atoms with van der Waals surface area (Å²) in [5.41, 5.74) is 7.62. The van der Waals surface area contributed by atoms with Gasteiger partial charge < -0.3 is 11.1 Å². The first-order valence-electron chi connectivity index (χ1n) is 6.51. The number of benzene rings is 1. The molecule has 5 heteroatoms. The number of hydrogen-bond donors (Lipinski definition) is 2. The predicted molar refractivity (Wildman–Crippen MR) is 79.7 cm³/mol. The lowest BCUT2D eigenvalue weighted by atomic mass is 10.3. The normalized spacial score (nSPS) is 10.8. The van der Waals surface area contributed by atoms with E-state index in [1.807, 2.05) is 37.3 Å². The standard InChI is InChI=1S/C15H18N4O/c1-2-3-4-9-17-15(20)14-8-10-19(18-14)13-7-5-6-12(16)11-13/h2-3,5-8,10-11H,4,9,16H2,1H3,(H,17,20)/b3-2+. The number of carbonyl (C=O) groups excluding carboxylic acids is 1. The van der Waals surface area contributed by atoms with Gasteiger partial charge in [0.1, 0.15) is 0 Å². The maximum Gasteiger partial charge on any atom is 0.271 e. The van der Waals surface area contributed by atoms with Gasteiger partial charge >= 0.3 is 0 Å². The Hall–Kier alpha value is -2.56. The summed E-state index contributed by atoms with van der Waals surface area (Å²) in [4.78, 5) is 11.9. The van der Waals surface area contributed by atoms with Gasteiger partial charge in [-0.3, -0.25) is 4.79 Å². The zero-order valence-electron chi connectivity index (χ0n) is 11.4. The van der Waals surface area contributed by atoms with Crippen LogP contribution >= 0.6 is 0 Å². The molecule has 0 aliphatic carbocycles. The van der Waals surface area contributed by atoms with Crippen LogP contribution in [-0.2, 0) is 0 Å². The third-order valence-electron chi connectivity index (χ3n) is 2.79. The van der Waals surface area contributed by atoms with Gasteiger partial charge in [0, 0.05) is 18.4 Å². The number of nitrogens with zero attached hydrogens (tertiary/aromatic N) is 2. The molecule has 20 heavy (non-hydrogen) atoms. The van der Waals surface area contributed by atoms with Gasteiger partial charge in [0.05, 0.1) is 5.69 Å². The lowest BCUT2D eigenvalue weighted by Crippen LogP contribution is -2.24. The third-order valence-corrected chi connectivity index (χ3v) is 2.79. The van der Waals surface area contributed by atoms with Gasteiger partial charge in [0.15, 0.2) is 5.69 Å². The van der Waals surface area contributed by atoms with E-state index < -0.39 is 0 Å². The number of anilines is 1. The maximum atomic E-state index is 11.9. The number of nitrogen functional groups attached to an aromatic ring is 1. The number of carbonyl (C=O) groups is 1. The van der Waals surface area contributed by atoms with Crippen LogP contribution in [0.1, 0.15) is 23.8 Å². The highest BCUT2D eigenvalue weighted by Gasteiger charge is 2.09. The molecule has 104 valence electrons. The summed E-state index contributed by atoms with van der Waals surface area (Å²) < 4.78 is 1.64. The Bertz CT molecular complexity index is 616. The summed E-state index contributed by atoms with van der Waals surface area (Å²) in [7, 11) is 0. The Labute approximate surface area is 118 Å². The summed E-state index contributed by atoms with van der Waals surface area (Å²) in [5.74, 6) is -0.169. The smallest absolute Gasteiger partial charge is 0.271 e. The van der Waals surface area contributed by atoms with Crippen molar-refractivity contribution < 1.29 is 4.79 Å². The lowest BCUT2D eigenvalue weighted by Gasteiger charge is -2.02. The molecule has 0 saturated heterocycles. The van der Waals surface area contributed by atoms with Crippen molar-refractivity contribution in [1.82, 2.24) is 15.1 Å². The van der Waals surface area contributed by atoms with E-state index in [9.17, 15) is 4.79 Å². The van der Waals surface area contributed by atoms with E-state index in [2.05, 4.69) is 10.4 Å². The summed E-state index contributed by atoms with van der Waals surface area (Å²) in [6.07, 6.45) is 6.53. The van der Waals surface area contributed by atoms with Crippen molar-refractivity contribution in [2.45, 2.75) is 13.3 Å². The second-order valence-corrected chi connectivity index (χ2v) is 4.35. The van der Waals surface area contributed by atoms with Gasteiger partial charge in [-0.05, 0) is 37.6 Å². The van der Waals surface area contributed by atoms with Crippen molar-refractivity contribution in [2.75, 3.05) is 12.3 Å². The fourth-order valence-electron chi connectivity index (χ4n) is 1.78. The molecule has 0 unspecified atom stereocenters. The highest BCUT2D eigenvalue weighted by molar-refractivity contribution is 5.92. The Morgan fingerprint density at radius 3 is 3.05 bits per heavy atom. The zero-order valence-corrected chi connectivity index (χ0v) is 11.4. The molecular formula is C15H18N4O. The minimum Gasteiger partial charge on any atom is -0.399 e. The number of amides is 1. The molecule has 0 aliphatic heterocycles. The van der Waals surface area contributed by atoms with Gasteiger partial charge in [0.25, 0.3) is 5.91 Å². The number of nitrogens with one attached hydrogen (secondary N) is 1. The van der Waals surface area contributed by atoms with E-state index in [1.165, 1.54) is 0 Å². The molecule has 1 amide bonds. The van der Waals surface area contributed by atoms with Crippen LogP contribution in [0.25, 0.3) is 5.69 Å². The van der Waals surface area contributed by atoms with E-state index >= 15 is 0 Å². The van der Waals surface area contributed by atoms with Crippen LogP contribution < -0.4 is 11.1 Å². The highest BCUT2D eigenvalue weighted by Crippen LogP contribution is 2.11. The third kappa shape index (κ3) is 3.47. The Morgan fingerprint density at radius 2 is 2.30 bits per heavy atom. The summed E-state index contributed by atoms with van der Waals surface area (Å²) in [6, 6.07) is 9.04. The molecule has 1 aromatic heterocycles. The van der Waals surface area contributed by atoms with E-state index in [1.54, 1.807) is 23.0 Å². The molecule has 1 aromatic carbocycles. The van der Waals surface area contributed by atoms with Crippen molar-refractivity contribution in [3.05, 3.63) is 54.4 Å². The molecule has 0 radical (unpaired) electrons. The average molecular weight is 270 g/mol. The van der Waals surface area contributed by atoms with Gasteiger partial charge in [-0.15, -0.1) is 0 Å². The summed E-state index contributed by atoms with van der Waals surface area (Å²) >= 11 is 0. The molecule has 0 saturated carbocycles. The van der Waals surface area contributed by atoms with E-state index in [4.69, 9.17) is 5.73 Å². The Kier molecular flexibility index (Phi) is 4.55. The monoisotopic (exact) mass is 270 g/mol. The predicted octanol–water partition coefficient (Wildman–Crippen LogP) is 2.15. The molecule has 1 heterocycles. The summed E-state index contributed by atoms with van der Waals surface area (Å²) in [5, 5.41) is 7.07. The Morgan fingerprint density at radius 1 is 1.45 bits per heavy atom. The van der Waals surface area contributed by atoms with Crippen LogP contribution in [0.3, 0.4) is 0 Å². The topological polar surface area (TPSA) is 72.9 Å². The number of allylic oxidation sites excluding steroid dienone is 1. The molecule has 0 aliphatic rings. The van der Waals surface area contributed by atoms with E-state index in [-0.39, 0.29) is 5.91 Å².